The van der Waals surface area contributed by atoms with E-state index in [1.54, 1.807) is 60.7 Å². The van der Waals surface area contributed by atoms with E-state index < -0.39 is 63.6 Å². The van der Waals surface area contributed by atoms with Gasteiger partial charge in [0.2, 0.25) is 11.8 Å². The molecule has 8 rings (SSSR count). The van der Waals surface area contributed by atoms with E-state index in [-0.39, 0.29) is 48.1 Å². The van der Waals surface area contributed by atoms with Crippen molar-refractivity contribution in [3.63, 3.8) is 0 Å². The van der Waals surface area contributed by atoms with Crippen molar-refractivity contribution in [2.45, 2.75) is 24.2 Å². The third kappa shape index (κ3) is 5.72. The van der Waals surface area contributed by atoms with E-state index in [0.717, 1.165) is 9.91 Å². The van der Waals surface area contributed by atoms with Gasteiger partial charge < -0.3 is 14.6 Å². The summed E-state index contributed by atoms with van der Waals surface area (Å²) in [6, 6.07) is 24.0. The lowest BCUT2D eigenvalue weighted by atomic mass is 9.49. The maximum absolute atomic E-state index is 15.5. The highest BCUT2D eigenvalue weighted by atomic mass is 35.5. The molecule has 1 saturated carbocycles. The van der Waals surface area contributed by atoms with E-state index in [0.29, 0.717) is 33.2 Å². The number of carbonyl (C=O) groups excluding carboxylic acids is 4. The van der Waals surface area contributed by atoms with Gasteiger partial charge in [0.25, 0.3) is 17.5 Å². The molecule has 0 spiro atoms. The first-order chi connectivity index (χ1) is 27.0. The zero-order valence-electron chi connectivity index (χ0n) is 29.8. The van der Waals surface area contributed by atoms with Gasteiger partial charge in [-0.3, -0.25) is 34.7 Å². The number of nitrogens with one attached hydrogen (secondary N) is 1. The molecule has 0 aromatic heterocycles. The number of hydrogen-bond acceptors (Lipinski definition) is 10. The maximum Gasteiger partial charge on any atom is 0.271 e. The number of non-ortho nitro benzene ring substituents is 1. The number of methoxy groups -OCH3 is 1. The third-order valence-corrected chi connectivity index (χ3v) is 12.0. The average Bonchev–Trinajstić information content (AvgIpc) is 3.58. The van der Waals surface area contributed by atoms with Crippen LogP contribution < -0.4 is 19.8 Å². The number of nitrogens with zero attached hydrogens (tertiary/aromatic N) is 3. The molecule has 4 aliphatic rings. The van der Waals surface area contributed by atoms with E-state index in [2.05, 4.69) is 5.43 Å². The van der Waals surface area contributed by atoms with Crippen LogP contribution in [-0.2, 0) is 24.6 Å². The molecule has 6 atom stereocenters. The first-order valence-electron chi connectivity index (χ1n) is 17.9. The number of nitro benzene ring substituents is 1. The number of fused-ring (bicyclic) bond motifs is 4. The summed E-state index contributed by atoms with van der Waals surface area (Å²) in [5.41, 5.74) is 3.11. The van der Waals surface area contributed by atoms with E-state index in [1.807, 2.05) is 6.08 Å². The number of aliphatic hydroxyl groups is 1. The largest absolute Gasteiger partial charge is 0.497 e. The Hall–Kier alpha value is -5.76. The third-order valence-electron chi connectivity index (χ3n) is 11.5. The smallest absolute Gasteiger partial charge is 0.271 e. The Morgan fingerprint density at radius 2 is 1.70 bits per heavy atom. The minimum atomic E-state index is -1.63. The Kier molecular flexibility index (Phi) is 9.55. The number of hydrogen-bond donors (Lipinski definition) is 2. The summed E-state index contributed by atoms with van der Waals surface area (Å²) in [7, 11) is 1.52. The van der Waals surface area contributed by atoms with Gasteiger partial charge in [-0.15, -0.1) is 0 Å². The fraction of sp³-hybridized carbons (Fsp3) is 0.268. The zero-order valence-corrected chi connectivity index (χ0v) is 31.3. The summed E-state index contributed by atoms with van der Waals surface area (Å²) in [6.07, 6.45) is 2.04. The molecule has 15 heteroatoms. The Morgan fingerprint density at radius 1 is 0.929 bits per heavy atom. The van der Waals surface area contributed by atoms with Crippen LogP contribution in [0.5, 0.6) is 11.5 Å². The van der Waals surface area contributed by atoms with Gasteiger partial charge in [-0.1, -0.05) is 71.2 Å². The van der Waals surface area contributed by atoms with E-state index in [4.69, 9.17) is 32.7 Å². The molecule has 2 aliphatic carbocycles. The van der Waals surface area contributed by atoms with Crippen LogP contribution in [0.15, 0.2) is 103 Å². The van der Waals surface area contributed by atoms with Gasteiger partial charge in [-0.25, -0.2) is 4.90 Å². The van der Waals surface area contributed by atoms with Crippen LogP contribution in [0.2, 0.25) is 10.0 Å². The van der Waals surface area contributed by atoms with Gasteiger partial charge in [0.15, 0.2) is 0 Å². The number of halogens is 2. The standard InChI is InChI=1S/C41H34Cl2N4O9/c1-55-26-12-9-22(10-13-26)41-31(38(50)46(40(41)52)44-33-16-11-23(42)19-32(33)43)21-30-27(36(41)28-7-2-3-8-34(28)56-18-17-48)14-15-29-35(30)39(51)45(37(29)49)24-5-4-6-25(20-24)47(53)54/h2-14,16,19-20,29-31,35-36,44,48H,15,17-18,21H2,1H3/t29-,30+,31-,35-,36+,41+/m0/s1. The summed E-state index contributed by atoms with van der Waals surface area (Å²) in [5.74, 6) is -5.81. The van der Waals surface area contributed by atoms with Crippen LogP contribution >= 0.6 is 23.2 Å². The number of allylic oxidation sites excluding steroid dienone is 2. The van der Waals surface area contributed by atoms with Crippen molar-refractivity contribution < 1.29 is 38.7 Å². The highest BCUT2D eigenvalue weighted by Gasteiger charge is 2.70. The van der Waals surface area contributed by atoms with Crippen LogP contribution in [0, 0.1) is 33.8 Å². The summed E-state index contributed by atoms with van der Waals surface area (Å²) >= 11 is 12.7. The topological polar surface area (TPSA) is 169 Å². The summed E-state index contributed by atoms with van der Waals surface area (Å²) < 4.78 is 11.6. The number of imide groups is 2. The van der Waals surface area contributed by atoms with Crippen LogP contribution in [0.3, 0.4) is 0 Å². The fourth-order valence-electron chi connectivity index (χ4n) is 9.19. The van der Waals surface area contributed by atoms with Gasteiger partial charge in [-0.2, -0.15) is 5.01 Å². The lowest BCUT2D eigenvalue weighted by molar-refractivity contribution is -0.384. The van der Waals surface area contributed by atoms with E-state index in [1.165, 1.54) is 37.4 Å². The van der Waals surface area contributed by atoms with Crippen molar-refractivity contribution >= 4 is 63.9 Å². The van der Waals surface area contributed by atoms with Crippen molar-refractivity contribution in [3.05, 3.63) is 134 Å². The highest BCUT2D eigenvalue weighted by Crippen LogP contribution is 2.65. The second kappa shape index (κ2) is 14.4. The average molecular weight is 798 g/mol. The molecule has 2 saturated heterocycles. The van der Waals surface area contributed by atoms with Gasteiger partial charge in [0, 0.05) is 28.6 Å². The Morgan fingerprint density at radius 3 is 2.41 bits per heavy atom. The molecule has 0 radical (unpaired) electrons. The van der Waals surface area contributed by atoms with Crippen LogP contribution in [-0.4, -0.2) is 59.0 Å². The number of anilines is 2. The molecule has 0 bridgehead atoms. The molecular weight excluding hydrogens is 763 g/mol. The number of para-hydroxylation sites is 1. The van der Waals surface area contributed by atoms with Crippen LogP contribution in [0.1, 0.15) is 29.9 Å². The Labute approximate surface area is 330 Å². The molecular formula is C41H34Cl2N4O9. The molecule has 56 heavy (non-hydrogen) atoms. The lowest BCUT2D eigenvalue weighted by Crippen LogP contribution is -2.53. The number of carbonyl (C=O) groups is 4. The number of benzene rings is 4. The number of hydrazine groups is 1. The molecule has 2 aliphatic heterocycles. The van der Waals surface area contributed by atoms with Crippen LogP contribution in [0.25, 0.3) is 0 Å². The van der Waals surface area contributed by atoms with Crippen molar-refractivity contribution in [1.82, 2.24) is 5.01 Å². The Balaban J connectivity index is 1.33. The minimum Gasteiger partial charge on any atom is -0.497 e. The lowest BCUT2D eigenvalue weighted by Gasteiger charge is -2.50. The summed E-state index contributed by atoms with van der Waals surface area (Å²) in [5, 5.41) is 22.9. The number of ether oxygens (including phenoxy) is 2. The first-order valence-corrected chi connectivity index (χ1v) is 18.7. The molecule has 13 nitrogen and oxygen atoms in total. The molecule has 4 aromatic rings. The summed E-state index contributed by atoms with van der Waals surface area (Å²) in [6.45, 7) is -0.349. The molecule has 0 unspecified atom stereocenters. The maximum atomic E-state index is 15.5. The van der Waals surface area contributed by atoms with Crippen molar-refractivity contribution in [3.8, 4) is 11.5 Å². The number of amides is 4. The zero-order chi connectivity index (χ0) is 39.5. The molecule has 4 amide bonds. The molecule has 3 fully saturated rings. The first kappa shape index (κ1) is 37.2. The monoisotopic (exact) mass is 796 g/mol. The van der Waals surface area contributed by atoms with Crippen molar-refractivity contribution in [2.75, 3.05) is 30.6 Å². The summed E-state index contributed by atoms with van der Waals surface area (Å²) in [4.78, 5) is 71.3. The normalized spacial score (nSPS) is 25.4. The SMILES string of the molecule is COc1ccc([C@@]23C(=O)N(Nc4ccc(Cl)cc4Cl)C(=O)[C@@H]2C[C@@H]2C(=CC[C@@H]4C(=O)N(c5cccc([N+](=O)[O-])c5)C(=O)[C@@H]42)[C@@H]3c2ccccc2OCCO)cc1. The predicted molar refractivity (Wildman–Crippen MR) is 205 cm³/mol. The van der Waals surface area contributed by atoms with E-state index in [9.17, 15) is 24.8 Å². The Bertz CT molecular complexity index is 2340. The van der Waals surface area contributed by atoms with Gasteiger partial charge in [0.05, 0.1) is 58.2 Å². The van der Waals surface area contributed by atoms with E-state index >= 15 is 9.59 Å². The molecule has 2 N–H and O–H groups in total. The fourth-order valence-corrected chi connectivity index (χ4v) is 9.64. The predicted octanol–water partition coefficient (Wildman–Crippen LogP) is 6.47. The second-order valence-corrected chi connectivity index (χ2v) is 15.0. The highest BCUT2D eigenvalue weighted by molar-refractivity contribution is 6.36. The molecule has 286 valence electrons. The van der Waals surface area contributed by atoms with Gasteiger partial charge in [-0.05, 0) is 66.8 Å². The number of rotatable bonds is 10. The number of nitro groups is 1. The molecule has 4 aromatic carbocycles. The van der Waals surface area contributed by atoms with Gasteiger partial charge >= 0.3 is 0 Å². The van der Waals surface area contributed by atoms with Crippen molar-refractivity contribution in [1.29, 1.82) is 0 Å². The number of aliphatic hydroxyl groups excluding tert-OH is 1. The second-order valence-electron chi connectivity index (χ2n) is 14.1. The van der Waals surface area contributed by atoms with Crippen molar-refractivity contribution in [2.24, 2.45) is 23.7 Å². The quantitative estimate of drug-likeness (QED) is 0.0786. The molecule has 2 heterocycles. The van der Waals surface area contributed by atoms with Gasteiger partial charge in [0.1, 0.15) is 18.1 Å². The van der Waals surface area contributed by atoms with Crippen LogP contribution in [0.4, 0.5) is 17.1 Å². The minimum absolute atomic E-state index is 0.00803.